The molecule has 4 amide bonds. The average molecular weight is 327 g/mol. The molecular weight excluding hydrogens is 310 g/mol. The third-order valence-corrected chi connectivity index (χ3v) is 3.82. The van der Waals surface area contributed by atoms with Crippen molar-refractivity contribution in [3.8, 4) is 0 Å². The maximum atomic E-state index is 12.1. The van der Waals surface area contributed by atoms with Crippen molar-refractivity contribution in [2.45, 2.75) is 20.8 Å². The summed E-state index contributed by atoms with van der Waals surface area (Å²) in [6, 6.07) is -0.692. The third-order valence-electron chi connectivity index (χ3n) is 2.69. The van der Waals surface area contributed by atoms with Gasteiger partial charge in [0.05, 0.1) is 5.56 Å². The fraction of sp³-hybridized carbons (Fsp3) is 0.385. The largest absolute Gasteiger partial charge is 0.452 e. The standard InChI is InChI=1S/C13H17N3O5S/c1-6-7(2)22-11(15-8(3)17)10(6)12(19)21-5-9(18)16-13(20)14-4/h5H2,1-4H3,(H,15,17)(H2,14,16,18,20). The summed E-state index contributed by atoms with van der Waals surface area (Å²) < 4.78 is 4.88. The number of aryl methyl sites for hydroxylation is 1. The molecule has 0 fully saturated rings. The van der Waals surface area contributed by atoms with Crippen LogP contribution < -0.4 is 16.0 Å². The van der Waals surface area contributed by atoms with Gasteiger partial charge in [0.25, 0.3) is 5.91 Å². The minimum absolute atomic E-state index is 0.213. The monoisotopic (exact) mass is 327 g/mol. The Bertz CT molecular complexity index is 623. The molecule has 120 valence electrons. The van der Waals surface area contributed by atoms with Gasteiger partial charge in [-0.15, -0.1) is 11.3 Å². The molecule has 1 aromatic heterocycles. The number of thiophene rings is 1. The van der Waals surface area contributed by atoms with Crippen LogP contribution in [-0.4, -0.2) is 37.5 Å². The Labute approximate surface area is 131 Å². The predicted octanol–water partition coefficient (Wildman–Crippen LogP) is 0.936. The van der Waals surface area contributed by atoms with Crippen molar-refractivity contribution in [2.24, 2.45) is 0 Å². The molecule has 0 saturated heterocycles. The number of ether oxygens (including phenoxy) is 1. The van der Waals surface area contributed by atoms with Gasteiger partial charge in [-0.05, 0) is 19.4 Å². The Morgan fingerprint density at radius 2 is 1.82 bits per heavy atom. The second-order valence-electron chi connectivity index (χ2n) is 4.37. The van der Waals surface area contributed by atoms with Crippen molar-refractivity contribution in [3.05, 3.63) is 16.0 Å². The van der Waals surface area contributed by atoms with Crippen molar-refractivity contribution in [1.82, 2.24) is 10.6 Å². The van der Waals surface area contributed by atoms with Crippen LogP contribution in [0.1, 0.15) is 27.7 Å². The number of rotatable bonds is 4. The first kappa shape index (κ1) is 17.6. The highest BCUT2D eigenvalue weighted by molar-refractivity contribution is 7.16. The van der Waals surface area contributed by atoms with E-state index in [4.69, 9.17) is 4.74 Å². The van der Waals surface area contributed by atoms with Crippen molar-refractivity contribution in [3.63, 3.8) is 0 Å². The van der Waals surface area contributed by atoms with Gasteiger partial charge in [0, 0.05) is 18.8 Å². The molecule has 0 aliphatic carbocycles. The molecular formula is C13H17N3O5S. The zero-order valence-corrected chi connectivity index (χ0v) is 13.5. The van der Waals surface area contributed by atoms with Crippen LogP contribution in [0.5, 0.6) is 0 Å². The molecule has 0 aliphatic rings. The number of hydrogen-bond acceptors (Lipinski definition) is 6. The molecule has 1 heterocycles. The molecule has 3 N–H and O–H groups in total. The highest BCUT2D eigenvalue weighted by Crippen LogP contribution is 2.32. The molecule has 0 radical (unpaired) electrons. The third kappa shape index (κ3) is 4.55. The van der Waals surface area contributed by atoms with E-state index in [0.717, 1.165) is 4.88 Å². The topological polar surface area (TPSA) is 114 Å². The van der Waals surface area contributed by atoms with Crippen LogP contribution in [0.25, 0.3) is 0 Å². The lowest BCUT2D eigenvalue weighted by atomic mass is 10.1. The summed E-state index contributed by atoms with van der Waals surface area (Å²) in [5.74, 6) is -1.80. The SMILES string of the molecule is CNC(=O)NC(=O)COC(=O)c1c(NC(C)=O)sc(C)c1C. The summed E-state index contributed by atoms with van der Waals surface area (Å²) in [5, 5.41) is 7.10. The van der Waals surface area contributed by atoms with E-state index in [1.165, 1.54) is 25.3 Å². The molecule has 22 heavy (non-hydrogen) atoms. The van der Waals surface area contributed by atoms with Crippen LogP contribution in [0, 0.1) is 13.8 Å². The van der Waals surface area contributed by atoms with Crippen molar-refractivity contribution < 1.29 is 23.9 Å². The normalized spacial score (nSPS) is 9.82. The second-order valence-corrected chi connectivity index (χ2v) is 5.60. The molecule has 0 aliphatic heterocycles. The predicted molar refractivity (Wildman–Crippen MR) is 81.0 cm³/mol. The number of amides is 4. The smallest absolute Gasteiger partial charge is 0.341 e. The van der Waals surface area contributed by atoms with Crippen LogP contribution in [0.15, 0.2) is 0 Å². The Kier molecular flexibility index (Phi) is 6.05. The lowest BCUT2D eigenvalue weighted by Gasteiger charge is -2.07. The first-order valence-electron chi connectivity index (χ1n) is 6.32. The Balaban J connectivity index is 2.79. The molecule has 1 rings (SSSR count). The Morgan fingerprint density at radius 1 is 1.18 bits per heavy atom. The number of nitrogens with one attached hydrogen (secondary N) is 3. The van der Waals surface area contributed by atoms with Crippen molar-refractivity contribution in [1.29, 1.82) is 0 Å². The molecule has 0 atom stereocenters. The van der Waals surface area contributed by atoms with Crippen LogP contribution in [-0.2, 0) is 14.3 Å². The summed E-state index contributed by atoms with van der Waals surface area (Å²) in [5.41, 5.74) is 0.885. The number of imide groups is 1. The van der Waals surface area contributed by atoms with Crippen LogP contribution >= 0.6 is 11.3 Å². The molecule has 0 unspecified atom stereocenters. The van der Waals surface area contributed by atoms with Crippen LogP contribution in [0.2, 0.25) is 0 Å². The number of carbonyl (C=O) groups excluding carboxylic acids is 4. The summed E-state index contributed by atoms with van der Waals surface area (Å²) in [6.07, 6.45) is 0. The van der Waals surface area contributed by atoms with Crippen LogP contribution in [0.4, 0.5) is 9.80 Å². The zero-order chi connectivity index (χ0) is 16.9. The first-order valence-corrected chi connectivity index (χ1v) is 7.14. The van der Waals surface area contributed by atoms with Gasteiger partial charge in [-0.1, -0.05) is 0 Å². The van der Waals surface area contributed by atoms with Crippen LogP contribution in [0.3, 0.4) is 0 Å². The van der Waals surface area contributed by atoms with E-state index >= 15 is 0 Å². The molecule has 0 aromatic carbocycles. The number of carbonyl (C=O) groups is 4. The molecule has 9 heteroatoms. The van der Waals surface area contributed by atoms with Gasteiger partial charge < -0.3 is 15.4 Å². The maximum Gasteiger partial charge on any atom is 0.341 e. The number of esters is 1. The average Bonchev–Trinajstić information content (AvgIpc) is 2.70. The van der Waals surface area contributed by atoms with Crippen molar-refractivity contribution >= 4 is 40.2 Å². The first-order chi connectivity index (χ1) is 10.3. The van der Waals surface area contributed by atoms with Gasteiger partial charge in [0.1, 0.15) is 5.00 Å². The summed E-state index contributed by atoms with van der Waals surface area (Å²) in [7, 11) is 1.35. The Morgan fingerprint density at radius 3 is 2.36 bits per heavy atom. The lowest BCUT2D eigenvalue weighted by Crippen LogP contribution is -2.39. The zero-order valence-electron chi connectivity index (χ0n) is 12.7. The van der Waals surface area contributed by atoms with E-state index in [1.54, 1.807) is 13.8 Å². The Hall–Kier alpha value is -2.42. The quantitative estimate of drug-likeness (QED) is 0.712. The van der Waals surface area contributed by atoms with Gasteiger partial charge in [-0.2, -0.15) is 0 Å². The highest BCUT2D eigenvalue weighted by Gasteiger charge is 2.22. The van der Waals surface area contributed by atoms with Gasteiger partial charge >= 0.3 is 12.0 Å². The summed E-state index contributed by atoms with van der Waals surface area (Å²) in [4.78, 5) is 46.4. The van der Waals surface area contributed by atoms with Gasteiger partial charge in [-0.25, -0.2) is 9.59 Å². The van der Waals surface area contributed by atoms with E-state index in [0.29, 0.717) is 10.6 Å². The minimum Gasteiger partial charge on any atom is -0.452 e. The fourth-order valence-corrected chi connectivity index (χ4v) is 2.64. The van der Waals surface area contributed by atoms with E-state index in [2.05, 4.69) is 10.6 Å². The van der Waals surface area contributed by atoms with E-state index in [9.17, 15) is 19.2 Å². The minimum atomic E-state index is -0.751. The fourth-order valence-electron chi connectivity index (χ4n) is 1.55. The summed E-state index contributed by atoms with van der Waals surface area (Å²) >= 11 is 1.25. The molecule has 0 spiro atoms. The second kappa shape index (κ2) is 7.55. The van der Waals surface area contributed by atoms with Gasteiger partial charge in [0.2, 0.25) is 5.91 Å². The lowest BCUT2D eigenvalue weighted by molar-refractivity contribution is -0.123. The molecule has 8 nitrogen and oxygen atoms in total. The summed E-state index contributed by atoms with van der Waals surface area (Å²) in [6.45, 7) is 4.26. The number of anilines is 1. The molecule has 0 saturated carbocycles. The van der Waals surface area contributed by atoms with E-state index in [-0.39, 0.29) is 11.5 Å². The molecule has 1 aromatic rings. The number of hydrogen-bond donors (Lipinski definition) is 3. The van der Waals surface area contributed by atoms with Crippen molar-refractivity contribution in [2.75, 3.05) is 19.0 Å². The number of urea groups is 1. The van der Waals surface area contributed by atoms with E-state index < -0.39 is 24.5 Å². The van der Waals surface area contributed by atoms with E-state index in [1.807, 2.05) is 5.32 Å². The highest BCUT2D eigenvalue weighted by atomic mass is 32.1. The van der Waals surface area contributed by atoms with Gasteiger partial charge in [0.15, 0.2) is 6.61 Å². The molecule has 0 bridgehead atoms. The van der Waals surface area contributed by atoms with Gasteiger partial charge in [-0.3, -0.25) is 14.9 Å². The maximum absolute atomic E-state index is 12.1.